The van der Waals surface area contributed by atoms with Crippen LogP contribution in [0.25, 0.3) is 11.3 Å². The Morgan fingerprint density at radius 3 is 2.30 bits per heavy atom. The van der Waals surface area contributed by atoms with Gasteiger partial charge in [-0.3, -0.25) is 4.98 Å². The molecule has 0 N–H and O–H groups in total. The molecule has 0 saturated carbocycles. The van der Waals surface area contributed by atoms with Crippen LogP contribution in [-0.2, 0) is 6.18 Å². The molecule has 106 valence electrons. The van der Waals surface area contributed by atoms with Crippen molar-refractivity contribution < 1.29 is 17.6 Å². The highest BCUT2D eigenvalue weighted by Gasteiger charge is 2.38. The first kappa shape index (κ1) is 15.4. The van der Waals surface area contributed by atoms with Crippen LogP contribution in [0.2, 0.25) is 15.1 Å². The molecule has 1 aromatic heterocycles. The van der Waals surface area contributed by atoms with Crippen LogP contribution in [0.1, 0.15) is 5.56 Å². The zero-order valence-corrected chi connectivity index (χ0v) is 11.7. The van der Waals surface area contributed by atoms with Crippen molar-refractivity contribution in [3.63, 3.8) is 0 Å². The fourth-order valence-electron chi connectivity index (χ4n) is 1.64. The average molecular weight is 345 g/mol. The van der Waals surface area contributed by atoms with Crippen molar-refractivity contribution in [2.75, 3.05) is 0 Å². The Labute approximate surface area is 126 Å². The SMILES string of the molecule is Fc1ccnc(-c2cc(Cl)cc(Cl)c2Cl)c1C(F)(F)F. The molecule has 2 aromatic rings. The van der Waals surface area contributed by atoms with Crippen molar-refractivity contribution >= 4 is 34.8 Å². The summed E-state index contributed by atoms with van der Waals surface area (Å²) in [6.45, 7) is 0. The summed E-state index contributed by atoms with van der Waals surface area (Å²) in [7, 11) is 0. The lowest BCUT2D eigenvalue weighted by molar-refractivity contribution is -0.139. The molecule has 20 heavy (non-hydrogen) atoms. The summed E-state index contributed by atoms with van der Waals surface area (Å²) in [6.07, 6.45) is -4.02. The van der Waals surface area contributed by atoms with Gasteiger partial charge >= 0.3 is 6.18 Å². The van der Waals surface area contributed by atoms with Crippen LogP contribution in [0.15, 0.2) is 24.4 Å². The monoisotopic (exact) mass is 343 g/mol. The first-order chi connectivity index (χ1) is 9.21. The molecule has 1 aromatic carbocycles. The first-order valence-corrected chi connectivity index (χ1v) is 6.22. The van der Waals surface area contributed by atoms with Crippen molar-refractivity contribution in [1.29, 1.82) is 0 Å². The van der Waals surface area contributed by atoms with Crippen molar-refractivity contribution in [1.82, 2.24) is 4.98 Å². The van der Waals surface area contributed by atoms with E-state index in [0.717, 1.165) is 12.3 Å². The quantitative estimate of drug-likeness (QED) is 0.466. The van der Waals surface area contributed by atoms with Gasteiger partial charge in [0.2, 0.25) is 0 Å². The number of pyridine rings is 1. The van der Waals surface area contributed by atoms with E-state index in [9.17, 15) is 17.6 Å². The lowest BCUT2D eigenvalue weighted by Gasteiger charge is -2.14. The summed E-state index contributed by atoms with van der Waals surface area (Å²) in [5.41, 5.74) is -2.36. The Morgan fingerprint density at radius 2 is 1.70 bits per heavy atom. The van der Waals surface area contributed by atoms with Gasteiger partial charge in [0, 0.05) is 16.8 Å². The third-order valence-corrected chi connectivity index (χ3v) is 3.45. The van der Waals surface area contributed by atoms with Crippen LogP contribution in [0.4, 0.5) is 17.6 Å². The van der Waals surface area contributed by atoms with Gasteiger partial charge < -0.3 is 0 Å². The fraction of sp³-hybridized carbons (Fsp3) is 0.0833. The normalized spacial score (nSPS) is 11.8. The van der Waals surface area contributed by atoms with Crippen LogP contribution < -0.4 is 0 Å². The summed E-state index contributed by atoms with van der Waals surface area (Å²) >= 11 is 17.3. The van der Waals surface area contributed by atoms with Gasteiger partial charge in [0.15, 0.2) is 0 Å². The maximum atomic E-state index is 13.5. The Bertz CT molecular complexity index is 670. The molecule has 2 rings (SSSR count). The van der Waals surface area contributed by atoms with Gasteiger partial charge in [0.25, 0.3) is 0 Å². The molecule has 0 aliphatic carbocycles. The Morgan fingerprint density at radius 1 is 1.05 bits per heavy atom. The molecule has 0 bridgehead atoms. The van der Waals surface area contributed by atoms with Crippen molar-refractivity contribution in [3.8, 4) is 11.3 Å². The number of halogens is 7. The predicted octanol–water partition coefficient (Wildman–Crippen LogP) is 5.87. The average Bonchev–Trinajstić information content (AvgIpc) is 2.31. The highest BCUT2D eigenvalue weighted by Crippen LogP contribution is 2.42. The van der Waals surface area contributed by atoms with E-state index in [4.69, 9.17) is 34.8 Å². The fourth-order valence-corrected chi connectivity index (χ4v) is 2.33. The van der Waals surface area contributed by atoms with Crippen molar-refractivity contribution in [2.45, 2.75) is 6.18 Å². The molecule has 0 unspecified atom stereocenters. The highest BCUT2D eigenvalue weighted by molar-refractivity contribution is 6.45. The lowest BCUT2D eigenvalue weighted by Crippen LogP contribution is -2.11. The summed E-state index contributed by atoms with van der Waals surface area (Å²) in [6, 6.07) is 3.03. The third kappa shape index (κ3) is 2.85. The molecule has 8 heteroatoms. The Hall–Kier alpha value is -1.04. The van der Waals surface area contributed by atoms with E-state index < -0.39 is 23.3 Å². The van der Waals surface area contributed by atoms with Crippen LogP contribution >= 0.6 is 34.8 Å². The highest BCUT2D eigenvalue weighted by atomic mass is 35.5. The topological polar surface area (TPSA) is 12.9 Å². The van der Waals surface area contributed by atoms with Gasteiger partial charge in [0.05, 0.1) is 15.7 Å². The first-order valence-electron chi connectivity index (χ1n) is 5.08. The van der Waals surface area contributed by atoms with Crippen LogP contribution in [0.5, 0.6) is 0 Å². The van der Waals surface area contributed by atoms with Crippen molar-refractivity contribution in [2.24, 2.45) is 0 Å². The molecule has 1 nitrogen and oxygen atoms in total. The summed E-state index contributed by atoms with van der Waals surface area (Å²) in [5, 5.41) is -0.165. The zero-order valence-electron chi connectivity index (χ0n) is 9.40. The maximum absolute atomic E-state index is 13.5. The number of aromatic nitrogens is 1. The zero-order chi connectivity index (χ0) is 15.1. The smallest absolute Gasteiger partial charge is 0.255 e. The van der Waals surface area contributed by atoms with Gasteiger partial charge in [-0.25, -0.2) is 4.39 Å². The standard InChI is InChI=1S/C12H4Cl3F4N/c13-5-3-6(10(15)7(14)4-5)11-9(12(17,18)19)8(16)1-2-20-11/h1-4H. The molecular weight excluding hydrogens is 340 g/mol. The number of alkyl halides is 3. The van der Waals surface area contributed by atoms with Crippen LogP contribution in [-0.4, -0.2) is 4.98 Å². The molecule has 0 aliphatic rings. The van der Waals surface area contributed by atoms with Gasteiger partial charge in [-0.05, 0) is 18.2 Å². The minimum atomic E-state index is -4.92. The molecule has 0 saturated heterocycles. The van der Waals surface area contributed by atoms with E-state index in [1.54, 1.807) is 0 Å². The molecule has 0 radical (unpaired) electrons. The molecular formula is C12H4Cl3F4N. The summed E-state index contributed by atoms with van der Waals surface area (Å²) in [4.78, 5) is 3.56. The van der Waals surface area contributed by atoms with Crippen LogP contribution in [0, 0.1) is 5.82 Å². The van der Waals surface area contributed by atoms with E-state index in [1.165, 1.54) is 6.07 Å². The summed E-state index contributed by atoms with van der Waals surface area (Å²) in [5.74, 6) is -1.45. The molecule has 0 fully saturated rings. The second kappa shape index (κ2) is 5.39. The van der Waals surface area contributed by atoms with E-state index in [2.05, 4.69) is 4.98 Å². The minimum absolute atomic E-state index is 0.0478. The molecule has 0 atom stereocenters. The van der Waals surface area contributed by atoms with E-state index >= 15 is 0 Å². The third-order valence-electron chi connectivity index (χ3n) is 2.43. The molecule has 0 spiro atoms. The summed E-state index contributed by atoms with van der Waals surface area (Å²) < 4.78 is 52.3. The van der Waals surface area contributed by atoms with E-state index in [1.807, 2.05) is 0 Å². The molecule has 0 amide bonds. The maximum Gasteiger partial charge on any atom is 0.421 e. The predicted molar refractivity (Wildman–Crippen MR) is 69.7 cm³/mol. The molecule has 1 heterocycles. The number of hydrogen-bond donors (Lipinski definition) is 0. The van der Waals surface area contributed by atoms with Gasteiger partial charge in [-0.15, -0.1) is 0 Å². The minimum Gasteiger partial charge on any atom is -0.255 e. The van der Waals surface area contributed by atoms with Gasteiger partial charge in [-0.1, -0.05) is 34.8 Å². The second-order valence-corrected chi connectivity index (χ2v) is 4.98. The van der Waals surface area contributed by atoms with Crippen LogP contribution in [0.3, 0.4) is 0 Å². The number of rotatable bonds is 1. The van der Waals surface area contributed by atoms with Gasteiger partial charge in [0.1, 0.15) is 11.4 Å². The van der Waals surface area contributed by atoms with E-state index in [-0.39, 0.29) is 20.6 Å². The Kier molecular flexibility index (Phi) is 4.14. The Balaban J connectivity index is 2.81. The van der Waals surface area contributed by atoms with Crippen molar-refractivity contribution in [3.05, 3.63) is 50.8 Å². The molecule has 0 aliphatic heterocycles. The largest absolute Gasteiger partial charge is 0.421 e. The number of hydrogen-bond acceptors (Lipinski definition) is 1. The number of nitrogens with zero attached hydrogens (tertiary/aromatic N) is 1. The number of benzene rings is 1. The lowest BCUT2D eigenvalue weighted by atomic mass is 10.0. The van der Waals surface area contributed by atoms with E-state index in [0.29, 0.717) is 6.07 Å². The van der Waals surface area contributed by atoms with Gasteiger partial charge in [-0.2, -0.15) is 13.2 Å². The second-order valence-electron chi connectivity index (χ2n) is 3.76.